The Morgan fingerprint density at radius 3 is 2.44 bits per heavy atom. The van der Waals surface area contributed by atoms with Crippen LogP contribution in [-0.2, 0) is 11.2 Å². The smallest absolute Gasteiger partial charge is 0.234 e. The lowest BCUT2D eigenvalue weighted by atomic mass is 10.1. The van der Waals surface area contributed by atoms with Crippen molar-refractivity contribution < 1.29 is 14.3 Å². The number of imidazole rings is 1. The van der Waals surface area contributed by atoms with Gasteiger partial charge in [-0.25, -0.2) is 4.98 Å². The topological polar surface area (TPSA) is 71.9 Å². The Balaban J connectivity index is 1.23. The molecule has 34 heavy (non-hydrogen) atoms. The van der Waals surface area contributed by atoms with Gasteiger partial charge in [0.05, 0.1) is 20.8 Å². The molecule has 1 N–H and O–H groups in total. The number of carbonyl (C=O) groups is 1. The number of aromatic nitrogens is 2. The van der Waals surface area contributed by atoms with Gasteiger partial charge in [-0.2, -0.15) is 0 Å². The first-order valence-corrected chi connectivity index (χ1v) is 11.6. The first-order valence-electron chi connectivity index (χ1n) is 11.6. The van der Waals surface area contributed by atoms with Crippen molar-refractivity contribution in [1.82, 2.24) is 19.8 Å². The van der Waals surface area contributed by atoms with E-state index in [-0.39, 0.29) is 5.91 Å². The van der Waals surface area contributed by atoms with Crippen LogP contribution in [0.4, 0.5) is 5.95 Å². The first kappa shape index (κ1) is 23.6. The number of rotatable bonds is 9. The van der Waals surface area contributed by atoms with Gasteiger partial charge in [0.2, 0.25) is 11.9 Å². The van der Waals surface area contributed by atoms with E-state index in [9.17, 15) is 4.79 Å². The summed E-state index contributed by atoms with van der Waals surface area (Å²) in [5.41, 5.74) is 3.44. The number of carbonyl (C=O) groups excluding carboxylic acids is 1. The van der Waals surface area contributed by atoms with Crippen molar-refractivity contribution in [3.05, 3.63) is 66.0 Å². The number of hydrogen-bond acceptors (Lipinski definition) is 6. The minimum Gasteiger partial charge on any atom is -0.493 e. The zero-order chi connectivity index (χ0) is 23.9. The van der Waals surface area contributed by atoms with Crippen LogP contribution in [0.1, 0.15) is 11.1 Å². The number of hydrogen-bond donors (Lipinski definition) is 1. The summed E-state index contributed by atoms with van der Waals surface area (Å²) in [6.07, 6.45) is 4.58. The van der Waals surface area contributed by atoms with Gasteiger partial charge in [-0.1, -0.05) is 23.8 Å². The molecule has 8 nitrogen and oxygen atoms in total. The Morgan fingerprint density at radius 1 is 1.00 bits per heavy atom. The molecule has 1 saturated heterocycles. The van der Waals surface area contributed by atoms with Crippen LogP contribution < -0.4 is 19.7 Å². The summed E-state index contributed by atoms with van der Waals surface area (Å²) >= 11 is 0. The Hall–Kier alpha value is -3.52. The number of aryl methyl sites for hydroxylation is 1. The maximum atomic E-state index is 12.5. The van der Waals surface area contributed by atoms with Gasteiger partial charge in [-0.05, 0) is 43.2 Å². The second-order valence-corrected chi connectivity index (χ2v) is 8.49. The number of benzene rings is 2. The minimum atomic E-state index is 0.0510. The third kappa shape index (κ3) is 5.69. The van der Waals surface area contributed by atoms with E-state index >= 15 is 0 Å². The van der Waals surface area contributed by atoms with Gasteiger partial charge >= 0.3 is 0 Å². The molecule has 0 atom stereocenters. The molecule has 1 aliphatic rings. The van der Waals surface area contributed by atoms with E-state index in [1.54, 1.807) is 14.2 Å². The molecular weight excluding hydrogens is 430 g/mol. The molecule has 0 saturated carbocycles. The Kier molecular flexibility index (Phi) is 7.69. The molecule has 3 aromatic rings. The number of piperazine rings is 1. The average Bonchev–Trinajstić information content (AvgIpc) is 3.35. The third-order valence-corrected chi connectivity index (χ3v) is 6.14. The third-order valence-electron chi connectivity index (χ3n) is 6.14. The van der Waals surface area contributed by atoms with Gasteiger partial charge in [0.25, 0.3) is 0 Å². The summed E-state index contributed by atoms with van der Waals surface area (Å²) in [6.45, 7) is 6.40. The molecule has 0 radical (unpaired) electrons. The molecule has 1 aliphatic heterocycles. The second-order valence-electron chi connectivity index (χ2n) is 8.49. The molecular formula is C26H33N5O3. The molecule has 0 unspecified atom stereocenters. The molecule has 1 amide bonds. The van der Waals surface area contributed by atoms with E-state index in [1.807, 2.05) is 30.6 Å². The highest BCUT2D eigenvalue weighted by Gasteiger charge is 2.22. The van der Waals surface area contributed by atoms with E-state index in [0.29, 0.717) is 24.6 Å². The van der Waals surface area contributed by atoms with Gasteiger partial charge in [0.15, 0.2) is 11.5 Å². The van der Waals surface area contributed by atoms with E-state index < -0.39 is 0 Å². The van der Waals surface area contributed by atoms with E-state index in [4.69, 9.17) is 9.47 Å². The monoisotopic (exact) mass is 463 g/mol. The van der Waals surface area contributed by atoms with Crippen LogP contribution in [0, 0.1) is 6.92 Å². The number of nitrogens with zero attached hydrogens (tertiary/aromatic N) is 4. The highest BCUT2D eigenvalue weighted by molar-refractivity contribution is 5.78. The Labute approximate surface area is 201 Å². The van der Waals surface area contributed by atoms with Crippen molar-refractivity contribution in [2.75, 3.05) is 58.4 Å². The molecule has 1 aromatic heterocycles. The lowest BCUT2D eigenvalue weighted by molar-refractivity contribution is -0.122. The number of amides is 1. The Bertz CT molecular complexity index is 1090. The summed E-state index contributed by atoms with van der Waals surface area (Å²) in [7, 11) is 3.24. The summed E-state index contributed by atoms with van der Waals surface area (Å²) in [5.74, 6) is 2.40. The molecule has 0 bridgehead atoms. The molecule has 2 aromatic carbocycles. The normalized spacial score (nSPS) is 14.1. The largest absolute Gasteiger partial charge is 0.493 e. The second kappa shape index (κ2) is 11.1. The predicted octanol–water partition coefficient (Wildman–Crippen LogP) is 2.68. The molecule has 2 heterocycles. The van der Waals surface area contributed by atoms with Crippen molar-refractivity contribution in [3.8, 4) is 17.2 Å². The number of ether oxygens (including phenoxy) is 2. The van der Waals surface area contributed by atoms with Crippen LogP contribution in [0.2, 0.25) is 0 Å². The zero-order valence-electron chi connectivity index (χ0n) is 20.2. The zero-order valence-corrected chi connectivity index (χ0v) is 20.2. The fraction of sp³-hybridized carbons (Fsp3) is 0.385. The maximum Gasteiger partial charge on any atom is 0.234 e. The number of nitrogens with one attached hydrogen (secondary N) is 1. The number of anilines is 1. The van der Waals surface area contributed by atoms with E-state index in [2.05, 4.69) is 55.9 Å². The fourth-order valence-corrected chi connectivity index (χ4v) is 4.18. The van der Waals surface area contributed by atoms with Crippen LogP contribution in [0.15, 0.2) is 54.9 Å². The maximum absolute atomic E-state index is 12.5. The quantitative estimate of drug-likeness (QED) is 0.526. The van der Waals surface area contributed by atoms with Crippen molar-refractivity contribution >= 4 is 11.9 Å². The van der Waals surface area contributed by atoms with E-state index in [0.717, 1.165) is 49.8 Å². The summed E-state index contributed by atoms with van der Waals surface area (Å²) in [6, 6.07) is 14.3. The van der Waals surface area contributed by atoms with Crippen LogP contribution in [-0.4, -0.2) is 73.8 Å². The van der Waals surface area contributed by atoms with Gasteiger partial charge in [0.1, 0.15) is 0 Å². The van der Waals surface area contributed by atoms with Gasteiger partial charge in [-0.3, -0.25) is 14.3 Å². The molecule has 4 rings (SSSR count). The van der Waals surface area contributed by atoms with Gasteiger partial charge in [0, 0.05) is 50.8 Å². The average molecular weight is 464 g/mol. The summed E-state index contributed by atoms with van der Waals surface area (Å²) < 4.78 is 12.7. The summed E-state index contributed by atoms with van der Waals surface area (Å²) in [5, 5.41) is 3.04. The molecule has 0 aliphatic carbocycles. The highest BCUT2D eigenvalue weighted by Crippen LogP contribution is 2.27. The Morgan fingerprint density at radius 2 is 1.74 bits per heavy atom. The SMILES string of the molecule is COc1ccc(CCNC(=O)CN2CCN(c3nccn3-c3ccc(C)cc3)CC2)cc1OC. The highest BCUT2D eigenvalue weighted by atomic mass is 16.5. The van der Waals surface area contributed by atoms with Crippen molar-refractivity contribution in [1.29, 1.82) is 0 Å². The molecule has 180 valence electrons. The van der Waals surface area contributed by atoms with Gasteiger partial charge < -0.3 is 19.7 Å². The predicted molar refractivity (Wildman–Crippen MR) is 133 cm³/mol. The standard InChI is InChI=1S/C26H33N5O3/c1-20-4-7-22(8-5-20)31-13-12-28-26(31)30-16-14-29(15-17-30)19-25(32)27-11-10-21-6-9-23(33-2)24(18-21)34-3/h4-9,12-13,18H,10-11,14-17,19H2,1-3H3,(H,27,32). The first-order chi connectivity index (χ1) is 16.6. The van der Waals surface area contributed by atoms with E-state index in [1.165, 1.54) is 5.56 Å². The molecule has 1 fully saturated rings. The van der Waals surface area contributed by atoms with Crippen LogP contribution in [0.25, 0.3) is 5.69 Å². The van der Waals surface area contributed by atoms with Crippen molar-refractivity contribution in [2.24, 2.45) is 0 Å². The minimum absolute atomic E-state index is 0.0510. The lowest BCUT2D eigenvalue weighted by Gasteiger charge is -2.35. The lowest BCUT2D eigenvalue weighted by Crippen LogP contribution is -2.50. The van der Waals surface area contributed by atoms with Crippen LogP contribution >= 0.6 is 0 Å². The molecule has 0 spiro atoms. The van der Waals surface area contributed by atoms with Crippen LogP contribution in [0.5, 0.6) is 11.5 Å². The number of methoxy groups -OCH3 is 2. The van der Waals surface area contributed by atoms with Gasteiger partial charge in [-0.15, -0.1) is 0 Å². The molecule has 8 heteroatoms. The fourth-order valence-electron chi connectivity index (χ4n) is 4.18. The summed E-state index contributed by atoms with van der Waals surface area (Å²) in [4.78, 5) is 21.5. The van der Waals surface area contributed by atoms with Crippen molar-refractivity contribution in [2.45, 2.75) is 13.3 Å². The van der Waals surface area contributed by atoms with Crippen LogP contribution in [0.3, 0.4) is 0 Å². The van der Waals surface area contributed by atoms with Crippen molar-refractivity contribution in [3.63, 3.8) is 0 Å².